The van der Waals surface area contributed by atoms with Gasteiger partial charge in [-0.05, 0) is 24.1 Å². The summed E-state index contributed by atoms with van der Waals surface area (Å²) in [6, 6.07) is 2.83. The minimum absolute atomic E-state index is 0.0000236. The maximum atomic E-state index is 12.5. The van der Waals surface area contributed by atoms with Gasteiger partial charge < -0.3 is 15.7 Å². The first-order valence-electron chi connectivity index (χ1n) is 6.17. The van der Waals surface area contributed by atoms with Crippen molar-refractivity contribution in [2.24, 2.45) is 0 Å². The number of alkyl halides is 3. The van der Waals surface area contributed by atoms with Crippen molar-refractivity contribution in [3.8, 4) is 0 Å². The van der Waals surface area contributed by atoms with Crippen LogP contribution >= 0.6 is 0 Å². The monoisotopic (exact) mass is 304 g/mol. The van der Waals surface area contributed by atoms with Crippen molar-refractivity contribution < 1.29 is 27.9 Å². The van der Waals surface area contributed by atoms with Crippen LogP contribution in [0.15, 0.2) is 24.3 Å². The Morgan fingerprint density at radius 2 is 1.81 bits per heavy atom. The van der Waals surface area contributed by atoms with Gasteiger partial charge in [0.2, 0.25) is 0 Å². The quantitative estimate of drug-likeness (QED) is 0.782. The highest BCUT2D eigenvalue weighted by Crippen LogP contribution is 2.22. The summed E-state index contributed by atoms with van der Waals surface area (Å²) >= 11 is 0. The van der Waals surface area contributed by atoms with E-state index in [0.717, 1.165) is 0 Å². The number of benzene rings is 1. The maximum absolute atomic E-state index is 12.5. The summed E-state index contributed by atoms with van der Waals surface area (Å²) in [7, 11) is 0. The van der Waals surface area contributed by atoms with Crippen LogP contribution in [0.5, 0.6) is 0 Å². The maximum Gasteiger partial charge on any atom is 0.408 e. The van der Waals surface area contributed by atoms with Gasteiger partial charge in [0.25, 0.3) is 0 Å². The molecule has 0 aliphatic rings. The van der Waals surface area contributed by atoms with Crippen molar-refractivity contribution in [2.75, 3.05) is 0 Å². The molecule has 1 aromatic carbocycles. The minimum Gasteiger partial charge on any atom is -0.478 e. The standard InChI is InChI=1S/C13H15F3N2O3/c1-2-10(13(14,15)16)18-12(21)17-7-8-3-5-9(6-4-8)11(19)20/h3-6,10H,2,7H2,1H3,(H,19,20)(H2,17,18,21)/t10-/m0/s1. The van der Waals surface area contributed by atoms with Gasteiger partial charge in [0, 0.05) is 6.54 Å². The zero-order chi connectivity index (χ0) is 16.0. The molecule has 0 fully saturated rings. The lowest BCUT2D eigenvalue weighted by atomic mass is 10.1. The molecular formula is C13H15F3N2O3. The molecule has 1 atom stereocenters. The van der Waals surface area contributed by atoms with Gasteiger partial charge >= 0.3 is 18.2 Å². The van der Waals surface area contributed by atoms with Crippen LogP contribution in [0, 0.1) is 0 Å². The Morgan fingerprint density at radius 3 is 2.24 bits per heavy atom. The predicted molar refractivity (Wildman–Crippen MR) is 68.9 cm³/mol. The molecule has 116 valence electrons. The van der Waals surface area contributed by atoms with Gasteiger partial charge in [0.1, 0.15) is 6.04 Å². The van der Waals surface area contributed by atoms with Crippen LogP contribution in [-0.4, -0.2) is 29.3 Å². The molecule has 0 saturated carbocycles. The molecule has 0 spiro atoms. The van der Waals surface area contributed by atoms with Crippen LogP contribution in [-0.2, 0) is 6.54 Å². The summed E-state index contributed by atoms with van der Waals surface area (Å²) in [6.07, 6.45) is -4.75. The predicted octanol–water partition coefficient (Wildman–Crippen LogP) is 2.52. The SMILES string of the molecule is CC[C@H](NC(=O)NCc1ccc(C(=O)O)cc1)C(F)(F)F. The Balaban J connectivity index is 2.51. The Kier molecular flexibility index (Phi) is 5.57. The smallest absolute Gasteiger partial charge is 0.408 e. The molecule has 5 nitrogen and oxygen atoms in total. The van der Waals surface area contributed by atoms with Gasteiger partial charge in [0.05, 0.1) is 5.56 Å². The molecule has 0 heterocycles. The third-order valence-corrected chi connectivity index (χ3v) is 2.76. The highest BCUT2D eigenvalue weighted by molar-refractivity contribution is 5.87. The van der Waals surface area contributed by atoms with Crippen molar-refractivity contribution >= 4 is 12.0 Å². The highest BCUT2D eigenvalue weighted by atomic mass is 19.4. The van der Waals surface area contributed by atoms with E-state index in [1.165, 1.54) is 31.2 Å². The fourth-order valence-corrected chi connectivity index (χ4v) is 1.57. The average Bonchev–Trinajstić information content (AvgIpc) is 2.41. The van der Waals surface area contributed by atoms with Crippen LogP contribution in [0.3, 0.4) is 0 Å². The molecule has 2 amide bonds. The number of carboxylic acids is 1. The van der Waals surface area contributed by atoms with E-state index in [2.05, 4.69) is 5.32 Å². The van der Waals surface area contributed by atoms with Crippen molar-refractivity contribution in [1.29, 1.82) is 0 Å². The first-order valence-corrected chi connectivity index (χ1v) is 6.17. The number of nitrogens with one attached hydrogen (secondary N) is 2. The second-order valence-electron chi connectivity index (χ2n) is 4.33. The minimum atomic E-state index is -4.49. The van der Waals surface area contributed by atoms with Crippen molar-refractivity contribution in [3.63, 3.8) is 0 Å². The molecule has 0 aromatic heterocycles. The number of carbonyl (C=O) groups excluding carboxylic acids is 1. The van der Waals surface area contributed by atoms with E-state index in [0.29, 0.717) is 5.56 Å². The van der Waals surface area contributed by atoms with Gasteiger partial charge in [-0.2, -0.15) is 13.2 Å². The molecule has 1 rings (SSSR count). The Bertz CT molecular complexity index is 500. The second kappa shape index (κ2) is 6.96. The van der Waals surface area contributed by atoms with E-state index in [1.807, 2.05) is 5.32 Å². The molecule has 1 aromatic rings. The zero-order valence-corrected chi connectivity index (χ0v) is 11.2. The van der Waals surface area contributed by atoms with E-state index in [4.69, 9.17) is 5.11 Å². The van der Waals surface area contributed by atoms with E-state index >= 15 is 0 Å². The van der Waals surface area contributed by atoms with Crippen molar-refractivity contribution in [3.05, 3.63) is 35.4 Å². The molecule has 0 aliphatic heterocycles. The van der Waals surface area contributed by atoms with Gasteiger partial charge in [-0.3, -0.25) is 0 Å². The molecule has 21 heavy (non-hydrogen) atoms. The fourth-order valence-electron chi connectivity index (χ4n) is 1.57. The Labute approximate surface area is 119 Å². The third kappa shape index (κ3) is 5.33. The summed E-state index contributed by atoms with van der Waals surface area (Å²) in [4.78, 5) is 22.0. The number of hydrogen-bond acceptors (Lipinski definition) is 2. The first-order chi connectivity index (χ1) is 9.74. The van der Waals surface area contributed by atoms with Crippen LogP contribution in [0.2, 0.25) is 0 Å². The topological polar surface area (TPSA) is 78.4 Å². The highest BCUT2D eigenvalue weighted by Gasteiger charge is 2.39. The molecule has 0 aliphatic carbocycles. The number of carboxylic acid groups (broad SMARTS) is 1. The molecule has 0 radical (unpaired) electrons. The van der Waals surface area contributed by atoms with E-state index in [1.54, 1.807) is 0 Å². The lowest BCUT2D eigenvalue weighted by Crippen LogP contribution is -2.48. The number of halogens is 3. The molecule has 0 bridgehead atoms. The normalized spacial score (nSPS) is 12.6. The van der Waals surface area contributed by atoms with Crippen LogP contribution < -0.4 is 10.6 Å². The average molecular weight is 304 g/mol. The Morgan fingerprint density at radius 1 is 1.24 bits per heavy atom. The van der Waals surface area contributed by atoms with E-state index < -0.39 is 24.2 Å². The molecule has 0 saturated heterocycles. The van der Waals surface area contributed by atoms with Gasteiger partial charge in [-0.25, -0.2) is 9.59 Å². The van der Waals surface area contributed by atoms with Gasteiger partial charge in [-0.15, -0.1) is 0 Å². The second-order valence-corrected chi connectivity index (χ2v) is 4.33. The largest absolute Gasteiger partial charge is 0.478 e. The zero-order valence-electron chi connectivity index (χ0n) is 11.2. The van der Waals surface area contributed by atoms with Crippen LogP contribution in [0.25, 0.3) is 0 Å². The molecule has 8 heteroatoms. The van der Waals surface area contributed by atoms with Gasteiger partial charge in [0.15, 0.2) is 0 Å². The number of carbonyl (C=O) groups is 2. The molecule has 0 unspecified atom stereocenters. The summed E-state index contributed by atoms with van der Waals surface area (Å²) in [5.41, 5.74) is 0.668. The first kappa shape index (κ1) is 16.8. The summed E-state index contributed by atoms with van der Waals surface area (Å²) in [5.74, 6) is -1.08. The lowest BCUT2D eigenvalue weighted by molar-refractivity contribution is -0.153. The number of aromatic carboxylic acids is 1. The number of amides is 2. The Hall–Kier alpha value is -2.25. The van der Waals surface area contributed by atoms with Crippen LogP contribution in [0.4, 0.5) is 18.0 Å². The number of rotatable bonds is 5. The lowest BCUT2D eigenvalue weighted by Gasteiger charge is -2.20. The molecular weight excluding hydrogens is 289 g/mol. The number of urea groups is 1. The van der Waals surface area contributed by atoms with Crippen molar-refractivity contribution in [1.82, 2.24) is 10.6 Å². The van der Waals surface area contributed by atoms with Crippen molar-refractivity contribution in [2.45, 2.75) is 32.1 Å². The van der Waals surface area contributed by atoms with Crippen LogP contribution in [0.1, 0.15) is 29.3 Å². The summed E-state index contributed by atoms with van der Waals surface area (Å²) in [5, 5.41) is 12.8. The van der Waals surface area contributed by atoms with E-state index in [9.17, 15) is 22.8 Å². The number of hydrogen-bond donors (Lipinski definition) is 3. The summed E-state index contributed by atoms with van der Waals surface area (Å²) < 4.78 is 37.4. The van der Waals surface area contributed by atoms with E-state index in [-0.39, 0.29) is 18.5 Å². The molecule has 3 N–H and O–H groups in total. The third-order valence-electron chi connectivity index (χ3n) is 2.76. The fraction of sp³-hybridized carbons (Fsp3) is 0.385. The summed E-state index contributed by atoms with van der Waals surface area (Å²) in [6.45, 7) is 1.32. The van der Waals surface area contributed by atoms with Gasteiger partial charge in [-0.1, -0.05) is 19.1 Å².